The van der Waals surface area contributed by atoms with Crippen molar-refractivity contribution in [2.75, 3.05) is 9.80 Å². The fourth-order valence-corrected chi connectivity index (χ4v) is 17.7. The first-order valence-corrected chi connectivity index (χ1v) is 36.0. The first-order chi connectivity index (χ1) is 48.2. The average Bonchev–Trinajstić information content (AvgIpc) is 0.956. The molecule has 0 radical (unpaired) electrons. The number of hydrogen-bond acceptors (Lipinski definition) is 2. The van der Waals surface area contributed by atoms with Crippen molar-refractivity contribution in [1.29, 1.82) is 0 Å². The molecule has 4 aliphatic heterocycles. The Bertz CT molecular complexity index is 5810. The smallest absolute Gasteiger partial charge is 0.252 e. The number of anilines is 6. The molecule has 482 valence electrons. The maximum atomic E-state index is 2.73. The molecule has 0 atom stereocenters. The summed E-state index contributed by atoms with van der Waals surface area (Å²) in [4.78, 5) is 5.27. The van der Waals surface area contributed by atoms with Crippen molar-refractivity contribution in [1.82, 2.24) is 9.13 Å². The number of para-hydroxylation sites is 4. The standard InChI is InChI=1S/C94H80B2N4/c1-91(2,3)57-49-58(92(4,5)6)52-61(51-57)97-81-43-27-23-39-75(81)95-77-55-78-86(56-85(77)99-79-41-25-21-37-71(79)67-33-17-13-29-63(67)65-31-15-19-35-69(65)73-45-47-83(97)87(95)89(73)99)100-80-42-26-22-38-72(80)68-34-18-14-30-64(68)66-32-16-20-36-70(66)74-46-48-84-88(90(74)100)96(78)76-40-24-28-44-82(76)98(84)62-53-59(93(7,8)9)50-60(54-62)94(10,11)12/h13-56H,1-12H3. The van der Waals surface area contributed by atoms with Gasteiger partial charge in [0, 0.05) is 67.0 Å². The van der Waals surface area contributed by atoms with Crippen molar-refractivity contribution in [3.05, 3.63) is 289 Å². The highest BCUT2D eigenvalue weighted by molar-refractivity contribution is 7.03. The number of nitrogens with zero attached hydrogens (tertiary/aromatic N) is 4. The van der Waals surface area contributed by atoms with E-state index < -0.39 is 0 Å². The molecular formula is C94H80B2N4. The molecule has 0 saturated carbocycles. The van der Waals surface area contributed by atoms with Crippen molar-refractivity contribution in [3.8, 4) is 11.4 Å². The van der Waals surface area contributed by atoms with Gasteiger partial charge >= 0.3 is 0 Å². The Kier molecular flexibility index (Phi) is 12.9. The highest BCUT2D eigenvalue weighted by Crippen LogP contribution is 2.48. The Hall–Kier alpha value is -10.8. The van der Waals surface area contributed by atoms with Crippen molar-refractivity contribution in [2.45, 2.75) is 105 Å². The second-order valence-electron chi connectivity index (χ2n) is 32.8. The summed E-state index contributed by atoms with van der Waals surface area (Å²) in [6, 6.07) is 104. The largest absolute Gasteiger partial charge is 0.311 e. The van der Waals surface area contributed by atoms with Gasteiger partial charge in [-0.15, -0.1) is 0 Å². The minimum Gasteiger partial charge on any atom is -0.311 e. The quantitative estimate of drug-likeness (QED) is 0.160. The lowest BCUT2D eigenvalue weighted by molar-refractivity contribution is 0.568. The van der Waals surface area contributed by atoms with E-state index in [2.05, 4.69) is 369 Å². The van der Waals surface area contributed by atoms with Crippen LogP contribution >= 0.6 is 0 Å². The Balaban J connectivity index is 1.05. The first-order valence-electron chi connectivity index (χ1n) is 36.0. The molecule has 4 nitrogen and oxygen atoms in total. The lowest BCUT2D eigenvalue weighted by Gasteiger charge is -2.43. The third kappa shape index (κ3) is 8.81. The van der Waals surface area contributed by atoms with Crippen LogP contribution in [0.25, 0.3) is 98.1 Å². The monoisotopic (exact) mass is 1290 g/mol. The van der Waals surface area contributed by atoms with E-state index in [0.717, 1.165) is 11.0 Å². The van der Waals surface area contributed by atoms with E-state index in [9.17, 15) is 0 Å². The molecule has 0 aliphatic carbocycles. The number of aromatic nitrogens is 2. The molecule has 0 unspecified atom stereocenters. The summed E-state index contributed by atoms with van der Waals surface area (Å²) < 4.78 is 5.47. The maximum absolute atomic E-state index is 2.73. The SMILES string of the molecule is CC(C)(C)c1cc(N2c3ccccc3B3c4cc5c(cc4-n4c6ccccc6c6ccccc6c6ccccc6c6ccc2c3c64)-n2c3ccccc3c3ccccc3c3ccccc3c3ccc4c(c32)B5c2ccccc2N4c2cc(C(C)(C)C)cc(C(C)(C)C)c2)cc(C(C)(C)C)c1. The van der Waals surface area contributed by atoms with Crippen molar-refractivity contribution >= 4 is 167 Å². The van der Waals surface area contributed by atoms with Crippen molar-refractivity contribution < 1.29 is 0 Å². The molecular weight excluding hydrogens is 1210 g/mol. The van der Waals surface area contributed by atoms with E-state index in [1.54, 1.807) is 0 Å². The van der Waals surface area contributed by atoms with E-state index in [1.807, 2.05) is 0 Å². The van der Waals surface area contributed by atoms with Crippen LogP contribution in [-0.4, -0.2) is 22.6 Å². The van der Waals surface area contributed by atoms with Crippen LogP contribution in [0.3, 0.4) is 0 Å². The van der Waals surface area contributed by atoms with Crippen molar-refractivity contribution in [2.24, 2.45) is 0 Å². The van der Waals surface area contributed by atoms with Gasteiger partial charge in [-0.2, -0.15) is 0 Å². The maximum Gasteiger partial charge on any atom is 0.252 e. The van der Waals surface area contributed by atoms with Crippen LogP contribution in [0.2, 0.25) is 0 Å². The van der Waals surface area contributed by atoms with Crippen LogP contribution in [-0.2, 0) is 21.7 Å². The molecule has 2 aromatic heterocycles. The molecule has 19 rings (SSSR count). The van der Waals surface area contributed by atoms with Gasteiger partial charge in [-0.25, -0.2) is 0 Å². The van der Waals surface area contributed by atoms with Crippen LogP contribution in [0.4, 0.5) is 34.1 Å². The topological polar surface area (TPSA) is 16.3 Å². The molecule has 6 heteroatoms. The van der Waals surface area contributed by atoms with Gasteiger partial charge in [0.05, 0.1) is 22.1 Å². The minimum atomic E-state index is -0.190. The molecule has 13 aromatic carbocycles. The number of fused-ring (bicyclic) bond motifs is 24. The van der Waals surface area contributed by atoms with Crippen LogP contribution in [0.5, 0.6) is 0 Å². The summed E-state index contributed by atoms with van der Waals surface area (Å²) in [5.41, 5.74) is 26.8. The Morgan fingerprint density at radius 2 is 0.500 bits per heavy atom. The van der Waals surface area contributed by atoms with Crippen LogP contribution < -0.4 is 42.6 Å². The first kappa shape index (κ1) is 60.4. The Morgan fingerprint density at radius 1 is 0.220 bits per heavy atom. The lowest BCUT2D eigenvalue weighted by atomic mass is 9.30. The molecule has 6 heterocycles. The van der Waals surface area contributed by atoms with Gasteiger partial charge in [-0.3, -0.25) is 0 Å². The zero-order valence-electron chi connectivity index (χ0n) is 59.3. The predicted octanol–water partition coefficient (Wildman–Crippen LogP) is 21.2. The molecule has 0 N–H and O–H groups in total. The highest BCUT2D eigenvalue weighted by Gasteiger charge is 2.47. The van der Waals surface area contributed by atoms with E-state index in [0.29, 0.717) is 0 Å². The molecule has 0 fully saturated rings. The number of rotatable bonds is 2. The van der Waals surface area contributed by atoms with Crippen molar-refractivity contribution in [3.63, 3.8) is 0 Å². The van der Waals surface area contributed by atoms with Crippen LogP contribution in [0, 0.1) is 0 Å². The molecule has 0 saturated heterocycles. The second-order valence-corrected chi connectivity index (χ2v) is 32.8. The summed E-state index contributed by atoms with van der Waals surface area (Å²) in [6.45, 7) is 28.0. The third-order valence-corrected chi connectivity index (χ3v) is 22.7. The normalized spacial score (nSPS) is 13.7. The number of benzene rings is 13. The van der Waals surface area contributed by atoms with E-state index in [4.69, 9.17) is 0 Å². The third-order valence-electron chi connectivity index (χ3n) is 22.7. The summed E-state index contributed by atoms with van der Waals surface area (Å²) in [5.74, 6) is 0. The Labute approximate surface area is 587 Å². The molecule has 0 spiro atoms. The van der Waals surface area contributed by atoms with Gasteiger partial charge in [0.2, 0.25) is 0 Å². The summed E-state index contributed by atoms with van der Waals surface area (Å²) in [5, 5.41) is 14.5. The lowest BCUT2D eigenvalue weighted by Crippen LogP contribution is -2.64. The Morgan fingerprint density at radius 3 is 0.830 bits per heavy atom. The molecule has 100 heavy (non-hydrogen) atoms. The highest BCUT2D eigenvalue weighted by atomic mass is 15.2. The second kappa shape index (κ2) is 21.4. The van der Waals surface area contributed by atoms with E-state index >= 15 is 0 Å². The molecule has 15 aromatic rings. The minimum absolute atomic E-state index is 0.109. The van der Waals surface area contributed by atoms with Crippen LogP contribution in [0.1, 0.15) is 105 Å². The van der Waals surface area contributed by atoms with Gasteiger partial charge in [0.1, 0.15) is 0 Å². The van der Waals surface area contributed by atoms with E-state index in [-0.39, 0.29) is 35.1 Å². The summed E-state index contributed by atoms with van der Waals surface area (Å²) in [7, 11) is 0. The molecule has 0 bridgehead atoms. The molecule has 4 aliphatic rings. The van der Waals surface area contributed by atoms with Gasteiger partial charge in [-0.05, 0) is 187 Å². The van der Waals surface area contributed by atoms with Gasteiger partial charge in [0.15, 0.2) is 0 Å². The number of hydrogen-bond donors (Lipinski definition) is 0. The summed E-state index contributed by atoms with van der Waals surface area (Å²) >= 11 is 0. The fraction of sp³-hybridized carbons (Fsp3) is 0.170. The zero-order chi connectivity index (χ0) is 68.2. The van der Waals surface area contributed by atoms with Crippen LogP contribution in [0.15, 0.2) is 267 Å². The summed E-state index contributed by atoms with van der Waals surface area (Å²) in [6.07, 6.45) is 0. The van der Waals surface area contributed by atoms with Gasteiger partial charge in [-0.1, -0.05) is 283 Å². The average molecular weight is 1290 g/mol. The van der Waals surface area contributed by atoms with E-state index in [1.165, 1.54) is 176 Å². The predicted molar refractivity (Wildman–Crippen MR) is 434 cm³/mol. The fourth-order valence-electron chi connectivity index (χ4n) is 17.7. The van der Waals surface area contributed by atoms with Gasteiger partial charge < -0.3 is 18.9 Å². The zero-order valence-corrected chi connectivity index (χ0v) is 59.3. The van der Waals surface area contributed by atoms with Gasteiger partial charge in [0.25, 0.3) is 13.4 Å². The molecule has 0 amide bonds.